The van der Waals surface area contributed by atoms with Gasteiger partial charge in [-0.3, -0.25) is 0 Å². The van der Waals surface area contributed by atoms with Gasteiger partial charge in [0.1, 0.15) is 0 Å². The number of nitrogens with one attached hydrogen (secondary N) is 1. The van der Waals surface area contributed by atoms with Crippen molar-refractivity contribution in [1.29, 1.82) is 0 Å². The third-order valence-corrected chi connectivity index (χ3v) is 9.00. The molecule has 0 aromatic carbocycles. The summed E-state index contributed by atoms with van der Waals surface area (Å²) in [5.41, 5.74) is 2.31. The molecule has 0 aliphatic heterocycles. The number of rotatable bonds is 2. The van der Waals surface area contributed by atoms with Crippen molar-refractivity contribution in [2.45, 2.75) is 25.1 Å². The van der Waals surface area contributed by atoms with Crippen LogP contribution in [0, 0.1) is 0 Å². The van der Waals surface area contributed by atoms with Gasteiger partial charge < -0.3 is 0 Å². The fourth-order valence-corrected chi connectivity index (χ4v) is 6.75. The Balaban J connectivity index is 3.15. The van der Waals surface area contributed by atoms with Gasteiger partial charge in [0.2, 0.25) is 0 Å². The zero-order chi connectivity index (χ0) is 5.91. The number of hydrogen-bond donors (Lipinski definition) is 1. The van der Waals surface area contributed by atoms with Crippen LogP contribution in [-0.2, 0) is 0 Å². The summed E-state index contributed by atoms with van der Waals surface area (Å²) in [5.74, 6) is 0. The fraction of sp³-hybridized carbons (Fsp3) is 1.00. The molecule has 3 heteroatoms. The first-order valence-electron chi connectivity index (χ1n) is 2.62. The summed E-state index contributed by atoms with van der Waals surface area (Å²) >= 11 is -0.00338. The first-order valence-corrected chi connectivity index (χ1v) is 9.75. The van der Waals surface area contributed by atoms with E-state index in [4.69, 9.17) is 0 Å². The summed E-state index contributed by atoms with van der Waals surface area (Å²) in [7, 11) is -0.838. The number of hydrogen-bond acceptors (Lipinski definition) is 1. The van der Waals surface area contributed by atoms with E-state index >= 15 is 0 Å². The van der Waals surface area contributed by atoms with Crippen LogP contribution in [0.3, 0.4) is 0 Å². The Morgan fingerprint density at radius 2 is 1.71 bits per heavy atom. The zero-order valence-corrected chi connectivity index (χ0v) is 9.00. The molecule has 0 aromatic rings. The Morgan fingerprint density at radius 1 is 1.29 bits per heavy atom. The van der Waals surface area contributed by atoms with Crippen LogP contribution in [-0.4, -0.2) is 25.9 Å². The average Bonchev–Trinajstić information content (AvgIpc) is 1.30. The van der Waals surface area contributed by atoms with Crippen molar-refractivity contribution in [3.63, 3.8) is 0 Å². The molecule has 0 spiro atoms. The summed E-state index contributed by atoms with van der Waals surface area (Å²) in [6.07, 6.45) is 0. The molecule has 0 heterocycles. The van der Waals surface area contributed by atoms with E-state index in [2.05, 4.69) is 28.8 Å². The van der Waals surface area contributed by atoms with Crippen LogP contribution in [0.1, 0.15) is 0 Å². The van der Waals surface area contributed by atoms with Crippen LogP contribution in [0.5, 0.6) is 0 Å². The standard InChI is InChI=1S/C3H10NSi.CH3.Ga/c1-5(2,3)4;;/h4H,1-3H3;1H3;/q-1;;+1. The van der Waals surface area contributed by atoms with Gasteiger partial charge in [0, 0.05) is 0 Å². The zero-order valence-electron chi connectivity index (χ0n) is 5.58. The normalized spacial score (nSPS) is 11.4. The second-order valence-corrected chi connectivity index (χ2v) is 10.5. The van der Waals surface area contributed by atoms with E-state index in [0.717, 1.165) is 0 Å². The first kappa shape index (κ1) is 7.81. The van der Waals surface area contributed by atoms with E-state index in [1.807, 2.05) is 0 Å². The third kappa shape index (κ3) is 6.81. The molecule has 0 aromatic heterocycles. The van der Waals surface area contributed by atoms with E-state index in [-0.39, 0.29) is 17.6 Å². The van der Waals surface area contributed by atoms with E-state index in [9.17, 15) is 0 Å². The van der Waals surface area contributed by atoms with E-state index in [0.29, 0.717) is 0 Å². The molecule has 1 radical (unpaired) electrons. The fourth-order valence-electron chi connectivity index (χ4n) is 0.433. The van der Waals surface area contributed by atoms with Crippen LogP contribution in [0.25, 0.3) is 0 Å². The maximum atomic E-state index is 3.58. The Morgan fingerprint density at radius 3 is 1.71 bits per heavy atom. The Hall–Kier alpha value is 0.813. The molecular weight excluding hydrogens is 160 g/mol. The molecule has 0 atom stereocenters. The van der Waals surface area contributed by atoms with Crippen LogP contribution in [0.4, 0.5) is 0 Å². The Labute approximate surface area is 55.0 Å². The third-order valence-electron chi connectivity index (χ3n) is 0.577. The van der Waals surface area contributed by atoms with Crippen molar-refractivity contribution in [1.82, 2.24) is 3.69 Å². The molecule has 0 bridgehead atoms. The van der Waals surface area contributed by atoms with Gasteiger partial charge in [0.15, 0.2) is 0 Å². The van der Waals surface area contributed by atoms with Crippen molar-refractivity contribution in [2.75, 3.05) is 0 Å². The monoisotopic (exact) mass is 172 g/mol. The van der Waals surface area contributed by atoms with Crippen LogP contribution < -0.4 is 3.69 Å². The van der Waals surface area contributed by atoms with Crippen molar-refractivity contribution < 1.29 is 0 Å². The molecule has 1 nitrogen and oxygen atoms in total. The summed E-state index contributed by atoms with van der Waals surface area (Å²) in [6, 6.07) is 0. The second kappa shape index (κ2) is 2.96. The predicted octanol–water partition coefficient (Wildman–Crippen LogP) is 1.08. The quantitative estimate of drug-likeness (QED) is 0.616. The molecule has 0 fully saturated rings. The minimum absolute atomic E-state index is 0.00338. The van der Waals surface area contributed by atoms with Gasteiger partial charge >= 0.3 is 54.7 Å². The van der Waals surface area contributed by atoms with Crippen LogP contribution >= 0.6 is 0 Å². The molecule has 0 rings (SSSR count). The van der Waals surface area contributed by atoms with Gasteiger partial charge in [0.05, 0.1) is 0 Å². The molecule has 7 heavy (non-hydrogen) atoms. The molecule has 0 aliphatic carbocycles. The summed E-state index contributed by atoms with van der Waals surface area (Å²) in [4.78, 5) is 0. The Bertz CT molecular complexity index is 50.1. The maximum absolute atomic E-state index is 3.58. The van der Waals surface area contributed by atoms with Crippen molar-refractivity contribution in [2.24, 2.45) is 0 Å². The van der Waals surface area contributed by atoms with Gasteiger partial charge in [-0.2, -0.15) is 0 Å². The summed E-state index contributed by atoms with van der Waals surface area (Å²) < 4.78 is 3.58. The van der Waals surface area contributed by atoms with Gasteiger partial charge in [-0.05, 0) is 0 Å². The van der Waals surface area contributed by atoms with Gasteiger partial charge in [-0.15, -0.1) is 0 Å². The first-order chi connectivity index (χ1) is 3.06. The van der Waals surface area contributed by atoms with Gasteiger partial charge in [-0.25, -0.2) is 0 Å². The molecule has 0 saturated carbocycles. The summed E-state index contributed by atoms with van der Waals surface area (Å²) in [6.45, 7) is 7.02. The topological polar surface area (TPSA) is 12.0 Å². The van der Waals surface area contributed by atoms with E-state index in [1.54, 1.807) is 0 Å². The molecule has 0 amide bonds. The molecule has 0 unspecified atom stereocenters. The van der Waals surface area contributed by atoms with Crippen molar-refractivity contribution >= 4 is 25.9 Å². The molecule has 1 N–H and O–H groups in total. The van der Waals surface area contributed by atoms with E-state index in [1.165, 1.54) is 0 Å². The van der Waals surface area contributed by atoms with Crippen molar-refractivity contribution in [3.8, 4) is 0 Å². The van der Waals surface area contributed by atoms with E-state index < -0.39 is 8.24 Å². The molecular formula is C4H13GaNSi. The predicted molar refractivity (Wildman–Crippen MR) is 38.1 cm³/mol. The second-order valence-electron chi connectivity index (χ2n) is 2.68. The van der Waals surface area contributed by atoms with Crippen LogP contribution in [0.2, 0.25) is 25.1 Å². The summed E-state index contributed by atoms with van der Waals surface area (Å²) in [5, 5.41) is 0. The molecule has 0 aliphatic rings. The average molecular weight is 173 g/mol. The SMILES string of the molecule is [CH3][Ga][NH][Si](C)(C)C. The Kier molecular flexibility index (Phi) is 3.31. The van der Waals surface area contributed by atoms with Crippen LogP contribution in [0.15, 0.2) is 0 Å². The molecule has 41 valence electrons. The van der Waals surface area contributed by atoms with Gasteiger partial charge in [0.25, 0.3) is 0 Å². The molecule has 0 saturated heterocycles. The van der Waals surface area contributed by atoms with Gasteiger partial charge in [-0.1, -0.05) is 0 Å². The minimum atomic E-state index is -0.838. The van der Waals surface area contributed by atoms with Crippen molar-refractivity contribution in [3.05, 3.63) is 0 Å².